The van der Waals surface area contributed by atoms with E-state index in [1.807, 2.05) is 11.8 Å². The van der Waals surface area contributed by atoms with Gasteiger partial charge < -0.3 is 4.90 Å². The Bertz CT molecular complexity index is 1380. The van der Waals surface area contributed by atoms with Crippen molar-refractivity contribution in [2.45, 2.75) is 57.1 Å². The number of likely N-dealkylation sites (tertiary alicyclic amines) is 1. The molecule has 0 bridgehead atoms. The van der Waals surface area contributed by atoms with Gasteiger partial charge in [-0.2, -0.15) is 17.9 Å². The number of alkyl halides is 3. The molecular formula is C25H28F3N3O3S2. The summed E-state index contributed by atoms with van der Waals surface area (Å²) in [5.74, 6) is 0.400. The van der Waals surface area contributed by atoms with Crippen molar-refractivity contribution in [1.29, 1.82) is 0 Å². The standard InChI is InChI=1S/C25H28F3N3O3S2/c1-4-21-29-22(24(32)31-13-11-15(2)12-14-31)23(35-21)19-9-10-20(18-8-6-5-7-17(18)19)36(33,34)30-16(3)25(26,27)28/h5-10,15-16,30H,4,11-14H2,1-3H3/t16-/m0/s1. The van der Waals surface area contributed by atoms with Crippen LogP contribution in [0.25, 0.3) is 21.2 Å². The molecule has 3 aromatic rings. The second kappa shape index (κ2) is 10.1. The van der Waals surface area contributed by atoms with E-state index < -0.39 is 22.2 Å². The summed E-state index contributed by atoms with van der Waals surface area (Å²) in [6.07, 6.45) is -2.25. The number of hydrogen-bond donors (Lipinski definition) is 1. The highest BCUT2D eigenvalue weighted by Crippen LogP contribution is 2.39. The average molecular weight is 540 g/mol. The molecule has 11 heteroatoms. The number of carbonyl (C=O) groups is 1. The van der Waals surface area contributed by atoms with Gasteiger partial charge in [0.05, 0.1) is 14.8 Å². The highest BCUT2D eigenvalue weighted by molar-refractivity contribution is 7.89. The summed E-state index contributed by atoms with van der Waals surface area (Å²) in [4.78, 5) is 20.3. The number of rotatable bonds is 6. The zero-order chi connectivity index (χ0) is 26.3. The third kappa shape index (κ3) is 5.28. The number of hydrogen-bond acceptors (Lipinski definition) is 5. The number of benzene rings is 2. The summed E-state index contributed by atoms with van der Waals surface area (Å²) in [6, 6.07) is 7.22. The van der Waals surface area contributed by atoms with E-state index in [0.717, 1.165) is 24.8 Å². The highest BCUT2D eigenvalue weighted by Gasteiger charge is 2.39. The summed E-state index contributed by atoms with van der Waals surface area (Å²) in [7, 11) is -4.47. The first-order chi connectivity index (χ1) is 16.9. The Balaban J connectivity index is 1.81. The van der Waals surface area contributed by atoms with Crippen molar-refractivity contribution >= 4 is 38.0 Å². The Hall–Kier alpha value is -2.50. The summed E-state index contributed by atoms with van der Waals surface area (Å²) in [5, 5.41) is 1.57. The Labute approximate surface area is 212 Å². The first kappa shape index (κ1) is 26.6. The molecule has 1 saturated heterocycles. The van der Waals surface area contributed by atoms with Gasteiger partial charge in [-0.1, -0.05) is 44.2 Å². The minimum absolute atomic E-state index is 0.158. The van der Waals surface area contributed by atoms with Crippen LogP contribution in [0.1, 0.15) is 49.1 Å². The fraction of sp³-hybridized carbons (Fsp3) is 0.440. The Morgan fingerprint density at radius 1 is 1.17 bits per heavy atom. The van der Waals surface area contributed by atoms with Crippen LogP contribution < -0.4 is 4.72 Å². The molecule has 0 radical (unpaired) electrons. The lowest BCUT2D eigenvalue weighted by molar-refractivity contribution is -0.147. The zero-order valence-corrected chi connectivity index (χ0v) is 21.9. The van der Waals surface area contributed by atoms with Crippen LogP contribution in [0, 0.1) is 5.92 Å². The van der Waals surface area contributed by atoms with Crippen LogP contribution in [0.2, 0.25) is 0 Å². The maximum Gasteiger partial charge on any atom is 0.404 e. The van der Waals surface area contributed by atoms with Gasteiger partial charge in [-0.05, 0) is 43.6 Å². The van der Waals surface area contributed by atoms with Crippen molar-refractivity contribution in [2.75, 3.05) is 13.1 Å². The summed E-state index contributed by atoms with van der Waals surface area (Å²) >= 11 is 1.38. The van der Waals surface area contributed by atoms with Crippen molar-refractivity contribution < 1.29 is 26.4 Å². The fourth-order valence-corrected chi connectivity index (χ4v) is 6.75. The number of halogens is 3. The SMILES string of the molecule is CCc1nc(C(=O)N2CCC(C)CC2)c(-c2ccc(S(=O)(=O)N[C@@H](C)C(F)(F)F)c3ccccc23)s1. The molecule has 1 aliphatic rings. The van der Waals surface area contributed by atoms with E-state index in [1.165, 1.54) is 17.4 Å². The molecule has 2 aromatic carbocycles. The molecule has 194 valence electrons. The highest BCUT2D eigenvalue weighted by atomic mass is 32.2. The third-order valence-electron chi connectivity index (χ3n) is 6.49. The van der Waals surface area contributed by atoms with Crippen LogP contribution in [-0.4, -0.2) is 49.5 Å². The molecule has 1 aliphatic heterocycles. The number of aryl methyl sites for hydroxylation is 1. The number of carbonyl (C=O) groups excluding carboxylic acids is 1. The van der Waals surface area contributed by atoms with Gasteiger partial charge in [-0.25, -0.2) is 13.4 Å². The summed E-state index contributed by atoms with van der Waals surface area (Å²) in [5.41, 5.74) is 0.954. The van der Waals surface area contributed by atoms with Crippen LogP contribution in [0.15, 0.2) is 41.3 Å². The van der Waals surface area contributed by atoms with Crippen LogP contribution >= 0.6 is 11.3 Å². The topological polar surface area (TPSA) is 79.4 Å². The van der Waals surface area contributed by atoms with Crippen molar-refractivity contribution in [1.82, 2.24) is 14.6 Å². The van der Waals surface area contributed by atoms with Crippen LogP contribution in [0.5, 0.6) is 0 Å². The minimum atomic E-state index is -4.72. The van der Waals surface area contributed by atoms with Crippen molar-refractivity contribution in [3.8, 4) is 10.4 Å². The van der Waals surface area contributed by atoms with Gasteiger partial charge in [-0.3, -0.25) is 4.79 Å². The van der Waals surface area contributed by atoms with E-state index in [9.17, 15) is 26.4 Å². The van der Waals surface area contributed by atoms with Gasteiger partial charge in [0, 0.05) is 24.0 Å². The Morgan fingerprint density at radius 3 is 2.42 bits per heavy atom. The largest absolute Gasteiger partial charge is 0.404 e. The molecule has 0 spiro atoms. The molecule has 1 atom stereocenters. The lowest BCUT2D eigenvalue weighted by atomic mass is 9.98. The van der Waals surface area contributed by atoms with Crippen molar-refractivity contribution in [2.24, 2.45) is 5.92 Å². The molecule has 1 N–H and O–H groups in total. The van der Waals surface area contributed by atoms with Gasteiger partial charge in [0.1, 0.15) is 11.7 Å². The fourth-order valence-electron chi connectivity index (χ4n) is 4.27. The first-order valence-corrected chi connectivity index (χ1v) is 14.1. The number of fused-ring (bicyclic) bond motifs is 1. The van der Waals surface area contributed by atoms with Crippen LogP contribution in [0.4, 0.5) is 13.2 Å². The number of nitrogens with one attached hydrogen (secondary N) is 1. The molecule has 0 unspecified atom stereocenters. The first-order valence-electron chi connectivity index (χ1n) is 11.8. The Kier molecular flexibility index (Phi) is 7.45. The van der Waals surface area contributed by atoms with E-state index in [-0.39, 0.29) is 16.2 Å². The molecule has 0 saturated carbocycles. The number of nitrogens with zero attached hydrogens (tertiary/aromatic N) is 2. The van der Waals surface area contributed by atoms with Gasteiger partial charge in [0.2, 0.25) is 10.0 Å². The normalized spacial score (nSPS) is 16.4. The van der Waals surface area contributed by atoms with E-state index in [0.29, 0.717) is 46.9 Å². The van der Waals surface area contributed by atoms with E-state index in [1.54, 1.807) is 35.1 Å². The minimum Gasteiger partial charge on any atom is -0.337 e. The number of aromatic nitrogens is 1. The Morgan fingerprint density at radius 2 is 1.81 bits per heavy atom. The maximum atomic E-state index is 13.5. The van der Waals surface area contributed by atoms with E-state index >= 15 is 0 Å². The van der Waals surface area contributed by atoms with E-state index in [4.69, 9.17) is 0 Å². The molecule has 1 amide bonds. The molecule has 36 heavy (non-hydrogen) atoms. The molecule has 1 aromatic heterocycles. The van der Waals surface area contributed by atoms with Crippen molar-refractivity contribution in [3.63, 3.8) is 0 Å². The van der Waals surface area contributed by atoms with Gasteiger partial charge in [0.15, 0.2) is 0 Å². The van der Waals surface area contributed by atoms with Crippen LogP contribution in [-0.2, 0) is 16.4 Å². The number of piperidine rings is 1. The number of thiazole rings is 1. The molecule has 4 rings (SSSR count). The third-order valence-corrected chi connectivity index (χ3v) is 9.32. The monoisotopic (exact) mass is 539 g/mol. The quantitative estimate of drug-likeness (QED) is 0.441. The predicted molar refractivity (Wildman–Crippen MR) is 135 cm³/mol. The van der Waals surface area contributed by atoms with Gasteiger partial charge in [0.25, 0.3) is 5.91 Å². The average Bonchev–Trinajstić information content (AvgIpc) is 3.27. The lowest BCUT2D eigenvalue weighted by Crippen LogP contribution is -2.43. The maximum absolute atomic E-state index is 13.5. The molecule has 0 aliphatic carbocycles. The van der Waals surface area contributed by atoms with Gasteiger partial charge in [-0.15, -0.1) is 11.3 Å². The van der Waals surface area contributed by atoms with Crippen molar-refractivity contribution in [3.05, 3.63) is 47.1 Å². The summed E-state index contributed by atoms with van der Waals surface area (Å²) in [6.45, 7) is 6.17. The van der Waals surface area contributed by atoms with Gasteiger partial charge >= 0.3 is 6.18 Å². The number of sulfonamides is 1. The molecule has 2 heterocycles. The second-order valence-corrected chi connectivity index (χ2v) is 11.9. The lowest BCUT2D eigenvalue weighted by Gasteiger charge is -2.30. The van der Waals surface area contributed by atoms with Crippen LogP contribution in [0.3, 0.4) is 0 Å². The smallest absolute Gasteiger partial charge is 0.337 e. The molecular weight excluding hydrogens is 511 g/mol. The predicted octanol–water partition coefficient (Wildman–Crippen LogP) is 5.63. The molecule has 1 fully saturated rings. The molecule has 6 nitrogen and oxygen atoms in total. The second-order valence-electron chi connectivity index (χ2n) is 9.16. The number of amides is 1. The zero-order valence-electron chi connectivity index (χ0n) is 20.2. The van der Waals surface area contributed by atoms with E-state index in [2.05, 4.69) is 11.9 Å². The summed E-state index contributed by atoms with van der Waals surface area (Å²) < 4.78 is 66.8.